The summed E-state index contributed by atoms with van der Waals surface area (Å²) in [7, 11) is 0. The van der Waals surface area contributed by atoms with E-state index in [1.165, 1.54) is 6.07 Å². The minimum atomic E-state index is -0.653. The van der Waals surface area contributed by atoms with Gasteiger partial charge in [-0.25, -0.2) is 9.18 Å². The van der Waals surface area contributed by atoms with Crippen molar-refractivity contribution in [2.45, 2.75) is 20.0 Å². The number of nitrogens with one attached hydrogen (secondary N) is 1. The maximum atomic E-state index is 14.5. The average molecular weight is 386 g/mol. The normalized spacial score (nSPS) is 15.9. The van der Waals surface area contributed by atoms with Gasteiger partial charge < -0.3 is 14.4 Å². The molecule has 0 aromatic heterocycles. The van der Waals surface area contributed by atoms with Gasteiger partial charge in [0.1, 0.15) is 12.4 Å². The summed E-state index contributed by atoms with van der Waals surface area (Å²) in [5, 5.41) is 2.52. The molecule has 1 unspecified atom stereocenters. The second kappa shape index (κ2) is 9.21. The third-order valence-corrected chi connectivity index (χ3v) is 4.56. The van der Waals surface area contributed by atoms with Crippen LogP contribution in [0.2, 0.25) is 0 Å². The smallest absolute Gasteiger partial charge is 0.411 e. The quantitative estimate of drug-likeness (QED) is 0.761. The molecule has 28 heavy (non-hydrogen) atoms. The lowest BCUT2D eigenvalue weighted by Crippen LogP contribution is -2.25. The Bertz CT molecular complexity index is 828. The molecule has 1 amide bonds. The van der Waals surface area contributed by atoms with E-state index in [0.29, 0.717) is 37.5 Å². The fraction of sp³-hybridized carbons (Fsp3) is 0.333. The zero-order valence-corrected chi connectivity index (χ0v) is 15.7. The predicted octanol–water partition coefficient (Wildman–Crippen LogP) is 3.96. The molecule has 1 saturated heterocycles. The number of hydrogen-bond donors (Lipinski definition) is 1. The van der Waals surface area contributed by atoms with Crippen LogP contribution in [-0.2, 0) is 20.9 Å². The Balaban J connectivity index is 1.55. The molecule has 1 heterocycles. The van der Waals surface area contributed by atoms with E-state index >= 15 is 0 Å². The number of halogens is 1. The molecule has 1 N–H and O–H groups in total. The number of esters is 1. The molecule has 0 saturated carbocycles. The third-order valence-electron chi connectivity index (χ3n) is 4.56. The van der Waals surface area contributed by atoms with Gasteiger partial charge in [0.05, 0.1) is 18.2 Å². The Morgan fingerprint density at radius 2 is 1.96 bits per heavy atom. The zero-order valence-electron chi connectivity index (χ0n) is 15.7. The fourth-order valence-corrected chi connectivity index (χ4v) is 3.15. The summed E-state index contributed by atoms with van der Waals surface area (Å²) in [6.07, 6.45) is -0.0241. The number of hydrogen-bond acceptors (Lipinski definition) is 5. The van der Waals surface area contributed by atoms with Gasteiger partial charge in [0.25, 0.3) is 0 Å². The Morgan fingerprint density at radius 1 is 1.18 bits per heavy atom. The maximum Gasteiger partial charge on any atom is 0.411 e. The van der Waals surface area contributed by atoms with Gasteiger partial charge in [0, 0.05) is 18.8 Å². The van der Waals surface area contributed by atoms with E-state index in [1.807, 2.05) is 35.2 Å². The van der Waals surface area contributed by atoms with Gasteiger partial charge in [-0.2, -0.15) is 0 Å². The van der Waals surface area contributed by atoms with Crippen molar-refractivity contribution in [1.29, 1.82) is 0 Å². The highest BCUT2D eigenvalue weighted by molar-refractivity contribution is 5.85. The van der Waals surface area contributed by atoms with E-state index in [2.05, 4.69) is 5.32 Å². The van der Waals surface area contributed by atoms with E-state index < -0.39 is 11.9 Å². The largest absolute Gasteiger partial charge is 0.466 e. The summed E-state index contributed by atoms with van der Waals surface area (Å²) in [4.78, 5) is 25.6. The van der Waals surface area contributed by atoms with Crippen LogP contribution in [0.3, 0.4) is 0 Å². The number of carbonyl (C=O) groups is 2. The zero-order chi connectivity index (χ0) is 19.9. The number of rotatable bonds is 6. The summed E-state index contributed by atoms with van der Waals surface area (Å²) in [5.74, 6) is -0.958. The van der Waals surface area contributed by atoms with Crippen LogP contribution in [0.5, 0.6) is 0 Å². The lowest BCUT2D eigenvalue weighted by atomic mass is 10.1. The van der Waals surface area contributed by atoms with Crippen molar-refractivity contribution in [3.8, 4) is 0 Å². The molecule has 1 atom stereocenters. The van der Waals surface area contributed by atoms with Crippen molar-refractivity contribution in [1.82, 2.24) is 0 Å². The minimum Gasteiger partial charge on any atom is -0.466 e. The number of amides is 1. The molecule has 0 bridgehead atoms. The van der Waals surface area contributed by atoms with Crippen LogP contribution in [0.15, 0.2) is 48.5 Å². The van der Waals surface area contributed by atoms with Gasteiger partial charge in [-0.1, -0.05) is 30.3 Å². The van der Waals surface area contributed by atoms with Gasteiger partial charge >= 0.3 is 12.1 Å². The molecule has 0 aliphatic carbocycles. The van der Waals surface area contributed by atoms with Crippen LogP contribution in [0.4, 0.5) is 20.6 Å². The highest BCUT2D eigenvalue weighted by Gasteiger charge is 2.30. The Hall–Kier alpha value is -3.09. The topological polar surface area (TPSA) is 67.9 Å². The molecular formula is C21H23FN2O4. The van der Waals surface area contributed by atoms with Gasteiger partial charge in [-0.15, -0.1) is 0 Å². The highest BCUT2D eigenvalue weighted by atomic mass is 19.1. The van der Waals surface area contributed by atoms with Crippen molar-refractivity contribution in [2.75, 3.05) is 29.9 Å². The molecule has 7 heteroatoms. The molecule has 6 nitrogen and oxygen atoms in total. The number of benzene rings is 2. The Morgan fingerprint density at radius 3 is 2.68 bits per heavy atom. The van der Waals surface area contributed by atoms with Crippen LogP contribution < -0.4 is 10.2 Å². The highest BCUT2D eigenvalue weighted by Crippen LogP contribution is 2.28. The van der Waals surface area contributed by atoms with Crippen molar-refractivity contribution in [2.24, 2.45) is 5.92 Å². The summed E-state index contributed by atoms with van der Waals surface area (Å²) in [6, 6.07) is 13.7. The molecule has 3 rings (SSSR count). The first-order valence-electron chi connectivity index (χ1n) is 9.25. The number of ether oxygens (including phenoxy) is 2. The number of nitrogens with zero attached hydrogens (tertiary/aromatic N) is 1. The van der Waals surface area contributed by atoms with Crippen LogP contribution in [0.1, 0.15) is 18.9 Å². The fourth-order valence-electron chi connectivity index (χ4n) is 3.15. The van der Waals surface area contributed by atoms with E-state index in [9.17, 15) is 14.0 Å². The first-order valence-corrected chi connectivity index (χ1v) is 9.25. The first-order chi connectivity index (χ1) is 13.6. The van der Waals surface area contributed by atoms with Gasteiger partial charge in [0.2, 0.25) is 0 Å². The van der Waals surface area contributed by atoms with Crippen molar-refractivity contribution < 1.29 is 23.5 Å². The van der Waals surface area contributed by atoms with Crippen LogP contribution in [-0.4, -0.2) is 31.8 Å². The second-order valence-corrected chi connectivity index (χ2v) is 6.54. The molecule has 0 radical (unpaired) electrons. The SMILES string of the molecule is CCOC(=O)C1CCN(c2ccc(NC(=O)OCc3ccccc3)cc2F)C1. The molecule has 1 fully saturated rings. The van der Waals surface area contributed by atoms with Crippen LogP contribution >= 0.6 is 0 Å². The standard InChI is InChI=1S/C21H23FN2O4/c1-2-27-20(25)16-10-11-24(13-16)19-9-8-17(12-18(19)22)23-21(26)28-14-15-6-4-3-5-7-15/h3-9,12,16H,2,10-11,13-14H2,1H3,(H,23,26). The monoisotopic (exact) mass is 386 g/mol. The molecule has 1 aliphatic rings. The summed E-state index contributed by atoms with van der Waals surface area (Å²) in [6.45, 7) is 3.23. The maximum absolute atomic E-state index is 14.5. The molecule has 2 aromatic rings. The van der Waals surface area contributed by atoms with Crippen LogP contribution in [0.25, 0.3) is 0 Å². The number of carbonyl (C=O) groups excluding carboxylic acids is 2. The predicted molar refractivity (Wildman–Crippen MR) is 104 cm³/mol. The third kappa shape index (κ3) is 5.00. The second-order valence-electron chi connectivity index (χ2n) is 6.54. The Kier molecular flexibility index (Phi) is 6.47. The van der Waals surface area contributed by atoms with Gasteiger partial charge in [-0.05, 0) is 37.1 Å². The molecular weight excluding hydrogens is 363 g/mol. The molecule has 2 aromatic carbocycles. The minimum absolute atomic E-state index is 0.135. The summed E-state index contributed by atoms with van der Waals surface area (Å²) >= 11 is 0. The number of anilines is 2. The van der Waals surface area contributed by atoms with E-state index in [1.54, 1.807) is 19.1 Å². The molecule has 148 valence electrons. The Labute approximate surface area is 163 Å². The molecule has 1 aliphatic heterocycles. The average Bonchev–Trinajstić information content (AvgIpc) is 3.17. The van der Waals surface area contributed by atoms with Gasteiger partial charge in [0.15, 0.2) is 0 Å². The molecule has 0 spiro atoms. The van der Waals surface area contributed by atoms with E-state index in [4.69, 9.17) is 9.47 Å². The van der Waals surface area contributed by atoms with Crippen LogP contribution in [0, 0.1) is 11.7 Å². The van der Waals surface area contributed by atoms with Crippen molar-refractivity contribution in [3.63, 3.8) is 0 Å². The van der Waals surface area contributed by atoms with E-state index in [-0.39, 0.29) is 18.5 Å². The first kappa shape index (κ1) is 19.7. The summed E-state index contributed by atoms with van der Waals surface area (Å²) < 4.78 is 24.7. The van der Waals surface area contributed by atoms with E-state index in [0.717, 1.165) is 5.56 Å². The lowest BCUT2D eigenvalue weighted by Gasteiger charge is -2.19. The lowest BCUT2D eigenvalue weighted by molar-refractivity contribution is -0.147. The van der Waals surface area contributed by atoms with Crippen molar-refractivity contribution in [3.05, 3.63) is 59.9 Å². The van der Waals surface area contributed by atoms with Crippen molar-refractivity contribution >= 4 is 23.4 Å². The van der Waals surface area contributed by atoms with Gasteiger partial charge in [-0.3, -0.25) is 10.1 Å². The summed E-state index contributed by atoms with van der Waals surface area (Å²) in [5.41, 5.74) is 1.57.